The molecule has 4 heteroatoms. The van der Waals surface area contributed by atoms with Crippen molar-refractivity contribution in [2.75, 3.05) is 13.2 Å². The van der Waals surface area contributed by atoms with Gasteiger partial charge in [0, 0.05) is 24.8 Å². The number of carbonyl (C=O) groups excluding carboxylic acids is 1. The van der Waals surface area contributed by atoms with Crippen LogP contribution in [0, 0.1) is 6.92 Å². The van der Waals surface area contributed by atoms with Gasteiger partial charge in [0.15, 0.2) is 0 Å². The lowest BCUT2D eigenvalue weighted by molar-refractivity contribution is 0.0241. The number of aryl methyl sites for hydroxylation is 1. The van der Waals surface area contributed by atoms with Crippen molar-refractivity contribution < 1.29 is 9.53 Å². The van der Waals surface area contributed by atoms with E-state index in [0.29, 0.717) is 25.3 Å². The number of hydrogen-bond donors (Lipinski definition) is 2. The van der Waals surface area contributed by atoms with E-state index in [0.717, 1.165) is 43.2 Å². The fourth-order valence-electron chi connectivity index (χ4n) is 2.67. The van der Waals surface area contributed by atoms with E-state index < -0.39 is 0 Å². The summed E-state index contributed by atoms with van der Waals surface area (Å²) in [6.07, 6.45) is 5.47. The molecule has 0 spiro atoms. The van der Waals surface area contributed by atoms with Crippen LogP contribution < -0.4 is 11.1 Å². The maximum atomic E-state index is 11.9. The molecule has 0 bridgehead atoms. The van der Waals surface area contributed by atoms with Crippen LogP contribution in [0.25, 0.3) is 0 Å². The van der Waals surface area contributed by atoms with Crippen molar-refractivity contribution in [3.05, 3.63) is 35.4 Å². The summed E-state index contributed by atoms with van der Waals surface area (Å²) in [4.78, 5) is 11.9. The number of ether oxygens (including phenoxy) is 1. The van der Waals surface area contributed by atoms with Crippen LogP contribution in [0.15, 0.2) is 24.3 Å². The highest BCUT2D eigenvalue weighted by atomic mass is 16.5. The Morgan fingerprint density at radius 1 is 1.33 bits per heavy atom. The van der Waals surface area contributed by atoms with Crippen molar-refractivity contribution in [3.8, 4) is 0 Å². The molecule has 0 aromatic heterocycles. The third-order valence-corrected chi connectivity index (χ3v) is 3.96. The molecule has 1 aromatic carbocycles. The van der Waals surface area contributed by atoms with Crippen LogP contribution >= 0.6 is 0 Å². The average molecular weight is 290 g/mol. The number of rotatable bonds is 6. The van der Waals surface area contributed by atoms with Gasteiger partial charge in [-0.2, -0.15) is 0 Å². The van der Waals surface area contributed by atoms with Gasteiger partial charge in [-0.1, -0.05) is 17.7 Å². The first kappa shape index (κ1) is 16.0. The summed E-state index contributed by atoms with van der Waals surface area (Å²) in [6, 6.07) is 7.99. The standard InChI is InChI=1S/C17H26N2O2/c1-13-4-2-5-14(12-13)17(20)19-10-3-11-21-16-8-6-15(18)7-9-16/h2,4-5,12,15-16H,3,6-11,18H2,1H3,(H,19,20). The molecule has 1 amide bonds. The summed E-state index contributed by atoms with van der Waals surface area (Å²) in [5.41, 5.74) is 7.69. The molecule has 1 aliphatic carbocycles. The molecule has 1 aromatic rings. The van der Waals surface area contributed by atoms with E-state index in [9.17, 15) is 4.79 Å². The molecule has 0 aliphatic heterocycles. The fourth-order valence-corrected chi connectivity index (χ4v) is 2.67. The van der Waals surface area contributed by atoms with Crippen molar-refractivity contribution in [2.45, 2.75) is 51.2 Å². The Kier molecular flexibility index (Phi) is 6.21. The number of benzene rings is 1. The maximum absolute atomic E-state index is 11.9. The largest absolute Gasteiger partial charge is 0.378 e. The SMILES string of the molecule is Cc1cccc(C(=O)NCCCOC2CCC(N)CC2)c1. The first-order valence-electron chi connectivity index (χ1n) is 7.87. The van der Waals surface area contributed by atoms with Gasteiger partial charge in [-0.05, 0) is 51.2 Å². The quantitative estimate of drug-likeness (QED) is 0.791. The number of carbonyl (C=O) groups is 1. The zero-order chi connectivity index (χ0) is 15.1. The molecule has 0 radical (unpaired) electrons. The Hall–Kier alpha value is -1.39. The third kappa shape index (κ3) is 5.48. The molecule has 1 saturated carbocycles. The zero-order valence-corrected chi connectivity index (χ0v) is 12.8. The van der Waals surface area contributed by atoms with Crippen molar-refractivity contribution >= 4 is 5.91 Å². The van der Waals surface area contributed by atoms with E-state index in [1.807, 2.05) is 31.2 Å². The average Bonchev–Trinajstić information content (AvgIpc) is 2.48. The van der Waals surface area contributed by atoms with E-state index >= 15 is 0 Å². The molecule has 0 unspecified atom stereocenters. The van der Waals surface area contributed by atoms with E-state index in [1.165, 1.54) is 0 Å². The van der Waals surface area contributed by atoms with Crippen LogP contribution in [0.2, 0.25) is 0 Å². The molecule has 4 nitrogen and oxygen atoms in total. The molecule has 0 heterocycles. The predicted octanol–water partition coefficient (Wildman–Crippen LogP) is 2.40. The van der Waals surface area contributed by atoms with Crippen molar-refractivity contribution in [2.24, 2.45) is 5.73 Å². The van der Waals surface area contributed by atoms with Gasteiger partial charge < -0.3 is 15.8 Å². The van der Waals surface area contributed by atoms with Gasteiger partial charge in [0.25, 0.3) is 5.91 Å². The van der Waals surface area contributed by atoms with Gasteiger partial charge in [-0.15, -0.1) is 0 Å². The highest BCUT2D eigenvalue weighted by molar-refractivity contribution is 5.94. The highest BCUT2D eigenvalue weighted by Gasteiger charge is 2.18. The Labute approximate surface area is 127 Å². The summed E-state index contributed by atoms with van der Waals surface area (Å²) in [6.45, 7) is 3.34. The molecule has 0 saturated heterocycles. The second-order valence-corrected chi connectivity index (χ2v) is 5.89. The molecule has 1 fully saturated rings. The topological polar surface area (TPSA) is 64.3 Å². The maximum Gasteiger partial charge on any atom is 0.251 e. The van der Waals surface area contributed by atoms with Crippen LogP contribution in [0.4, 0.5) is 0 Å². The van der Waals surface area contributed by atoms with E-state index in [1.54, 1.807) is 0 Å². The van der Waals surface area contributed by atoms with Crippen LogP contribution in [-0.2, 0) is 4.74 Å². The smallest absolute Gasteiger partial charge is 0.251 e. The summed E-state index contributed by atoms with van der Waals surface area (Å²) in [5, 5.41) is 2.93. The molecule has 116 valence electrons. The van der Waals surface area contributed by atoms with Crippen LogP contribution in [-0.4, -0.2) is 31.2 Å². The molecule has 0 atom stereocenters. The molecule has 21 heavy (non-hydrogen) atoms. The Bertz CT molecular complexity index is 454. The van der Waals surface area contributed by atoms with Crippen LogP contribution in [0.3, 0.4) is 0 Å². The lowest BCUT2D eigenvalue weighted by Crippen LogP contribution is -2.31. The predicted molar refractivity (Wildman–Crippen MR) is 84.3 cm³/mol. The third-order valence-electron chi connectivity index (χ3n) is 3.96. The van der Waals surface area contributed by atoms with Gasteiger partial charge in [-0.25, -0.2) is 0 Å². The molecule has 3 N–H and O–H groups in total. The van der Waals surface area contributed by atoms with Crippen LogP contribution in [0.5, 0.6) is 0 Å². The van der Waals surface area contributed by atoms with Gasteiger partial charge in [0.05, 0.1) is 6.10 Å². The monoisotopic (exact) mass is 290 g/mol. The summed E-state index contributed by atoms with van der Waals surface area (Å²) < 4.78 is 5.83. The summed E-state index contributed by atoms with van der Waals surface area (Å²) in [7, 11) is 0. The van der Waals surface area contributed by atoms with E-state index in [4.69, 9.17) is 10.5 Å². The van der Waals surface area contributed by atoms with Crippen LogP contribution in [0.1, 0.15) is 48.0 Å². The minimum Gasteiger partial charge on any atom is -0.378 e. The second kappa shape index (κ2) is 8.15. The first-order chi connectivity index (χ1) is 10.1. The summed E-state index contributed by atoms with van der Waals surface area (Å²) in [5.74, 6) is -0.0117. The van der Waals surface area contributed by atoms with Crippen molar-refractivity contribution in [1.82, 2.24) is 5.32 Å². The molecular weight excluding hydrogens is 264 g/mol. The summed E-state index contributed by atoms with van der Waals surface area (Å²) >= 11 is 0. The Morgan fingerprint density at radius 3 is 2.81 bits per heavy atom. The van der Waals surface area contributed by atoms with Gasteiger partial charge in [0.2, 0.25) is 0 Å². The van der Waals surface area contributed by atoms with Gasteiger partial charge in [-0.3, -0.25) is 4.79 Å². The normalized spacial score (nSPS) is 22.0. The highest BCUT2D eigenvalue weighted by Crippen LogP contribution is 2.19. The minimum atomic E-state index is -0.0117. The Balaban J connectivity index is 1.58. The zero-order valence-electron chi connectivity index (χ0n) is 12.8. The second-order valence-electron chi connectivity index (χ2n) is 5.89. The lowest BCUT2D eigenvalue weighted by atomic mass is 9.94. The van der Waals surface area contributed by atoms with E-state index in [2.05, 4.69) is 5.32 Å². The van der Waals surface area contributed by atoms with Crippen molar-refractivity contribution in [3.63, 3.8) is 0 Å². The minimum absolute atomic E-state index is 0.0117. The Morgan fingerprint density at radius 2 is 2.10 bits per heavy atom. The molecule has 1 aliphatic rings. The van der Waals surface area contributed by atoms with Gasteiger partial charge in [0.1, 0.15) is 0 Å². The van der Waals surface area contributed by atoms with E-state index in [-0.39, 0.29) is 5.91 Å². The lowest BCUT2D eigenvalue weighted by Gasteiger charge is -2.26. The number of amides is 1. The first-order valence-corrected chi connectivity index (χ1v) is 7.87. The molecular formula is C17H26N2O2. The number of nitrogens with two attached hydrogens (primary N) is 1. The fraction of sp³-hybridized carbons (Fsp3) is 0.588. The molecule has 2 rings (SSSR count). The number of hydrogen-bond acceptors (Lipinski definition) is 3. The van der Waals surface area contributed by atoms with Gasteiger partial charge >= 0.3 is 0 Å². The van der Waals surface area contributed by atoms with Crippen molar-refractivity contribution in [1.29, 1.82) is 0 Å². The number of nitrogens with one attached hydrogen (secondary N) is 1.